The summed E-state index contributed by atoms with van der Waals surface area (Å²) in [5.41, 5.74) is 1.31. The predicted octanol–water partition coefficient (Wildman–Crippen LogP) is 1.93. The van der Waals surface area contributed by atoms with E-state index in [4.69, 9.17) is 0 Å². The first kappa shape index (κ1) is 11.6. The van der Waals surface area contributed by atoms with Crippen LogP contribution in [0.4, 0.5) is 5.69 Å². The lowest BCUT2D eigenvalue weighted by atomic mass is 10.1. The molecule has 1 saturated carbocycles. The lowest BCUT2D eigenvalue weighted by Crippen LogP contribution is -2.34. The Labute approximate surface area is 100 Å². The quantitative estimate of drug-likeness (QED) is 0.836. The fourth-order valence-electron chi connectivity index (χ4n) is 1.57. The first-order chi connectivity index (χ1) is 7.98. The van der Waals surface area contributed by atoms with Crippen molar-refractivity contribution in [3.05, 3.63) is 29.8 Å². The number of hydrogen-bond acceptors (Lipinski definition) is 2. The van der Waals surface area contributed by atoms with E-state index in [1.165, 1.54) is 6.92 Å². The summed E-state index contributed by atoms with van der Waals surface area (Å²) in [4.78, 5) is 22.7. The van der Waals surface area contributed by atoms with E-state index in [1.54, 1.807) is 24.3 Å². The first-order valence-corrected chi connectivity index (χ1v) is 5.69. The summed E-state index contributed by atoms with van der Waals surface area (Å²) in [7, 11) is 0. The van der Waals surface area contributed by atoms with Crippen molar-refractivity contribution in [2.24, 2.45) is 0 Å². The lowest BCUT2D eigenvalue weighted by molar-refractivity contribution is -0.114. The zero-order valence-electron chi connectivity index (χ0n) is 10.0. The van der Waals surface area contributed by atoms with Crippen LogP contribution in [0.1, 0.15) is 37.0 Å². The molecule has 0 aromatic heterocycles. The van der Waals surface area contributed by atoms with E-state index in [-0.39, 0.29) is 17.4 Å². The number of benzene rings is 1. The minimum Gasteiger partial charge on any atom is -0.347 e. The van der Waals surface area contributed by atoms with Gasteiger partial charge in [-0.05, 0) is 44.0 Å². The SMILES string of the molecule is CC(=O)Nc1ccc(C(=O)NC2(C)CC2)cc1. The van der Waals surface area contributed by atoms with Gasteiger partial charge in [0, 0.05) is 23.7 Å². The molecule has 0 radical (unpaired) electrons. The number of carbonyl (C=O) groups excluding carboxylic acids is 2. The summed E-state index contributed by atoms with van der Waals surface area (Å²) >= 11 is 0. The van der Waals surface area contributed by atoms with Gasteiger partial charge in [0.1, 0.15) is 0 Å². The fraction of sp³-hybridized carbons (Fsp3) is 0.385. The Morgan fingerprint density at radius 3 is 2.24 bits per heavy atom. The minimum absolute atomic E-state index is 0.00656. The predicted molar refractivity (Wildman–Crippen MR) is 65.9 cm³/mol. The first-order valence-electron chi connectivity index (χ1n) is 5.69. The molecule has 0 unspecified atom stereocenters. The molecule has 90 valence electrons. The third kappa shape index (κ3) is 3.06. The number of rotatable bonds is 3. The van der Waals surface area contributed by atoms with Crippen molar-refractivity contribution in [2.45, 2.75) is 32.2 Å². The van der Waals surface area contributed by atoms with Gasteiger partial charge in [0.15, 0.2) is 0 Å². The molecule has 2 amide bonds. The summed E-state index contributed by atoms with van der Waals surface area (Å²) in [6.45, 7) is 3.49. The zero-order chi connectivity index (χ0) is 12.5. The molecule has 1 aliphatic carbocycles. The Kier molecular flexibility index (Phi) is 2.88. The average molecular weight is 232 g/mol. The van der Waals surface area contributed by atoms with Crippen LogP contribution in [0.15, 0.2) is 24.3 Å². The van der Waals surface area contributed by atoms with E-state index >= 15 is 0 Å². The van der Waals surface area contributed by atoms with Gasteiger partial charge >= 0.3 is 0 Å². The molecule has 0 heterocycles. The molecular weight excluding hydrogens is 216 g/mol. The van der Waals surface area contributed by atoms with Gasteiger partial charge in [-0.25, -0.2) is 0 Å². The van der Waals surface area contributed by atoms with Gasteiger partial charge < -0.3 is 10.6 Å². The number of amides is 2. The van der Waals surface area contributed by atoms with Crippen molar-refractivity contribution in [1.29, 1.82) is 0 Å². The van der Waals surface area contributed by atoms with Crippen molar-refractivity contribution in [3.8, 4) is 0 Å². The van der Waals surface area contributed by atoms with E-state index in [0.29, 0.717) is 11.3 Å². The van der Waals surface area contributed by atoms with Crippen LogP contribution in [0.5, 0.6) is 0 Å². The second-order valence-electron chi connectivity index (χ2n) is 4.77. The highest BCUT2D eigenvalue weighted by Crippen LogP contribution is 2.34. The van der Waals surface area contributed by atoms with Gasteiger partial charge in [-0.2, -0.15) is 0 Å². The van der Waals surface area contributed by atoms with E-state index < -0.39 is 0 Å². The van der Waals surface area contributed by atoms with Crippen LogP contribution >= 0.6 is 0 Å². The highest BCUT2D eigenvalue weighted by molar-refractivity contribution is 5.96. The topological polar surface area (TPSA) is 58.2 Å². The molecule has 1 aromatic rings. The Morgan fingerprint density at radius 1 is 1.18 bits per heavy atom. The molecule has 0 aliphatic heterocycles. The molecule has 0 bridgehead atoms. The molecule has 0 atom stereocenters. The fourth-order valence-corrected chi connectivity index (χ4v) is 1.57. The number of anilines is 1. The van der Waals surface area contributed by atoms with Crippen LogP contribution in [-0.4, -0.2) is 17.4 Å². The van der Waals surface area contributed by atoms with Gasteiger partial charge in [0.2, 0.25) is 5.91 Å². The zero-order valence-corrected chi connectivity index (χ0v) is 10.0. The summed E-state index contributed by atoms with van der Waals surface area (Å²) in [6.07, 6.45) is 2.09. The smallest absolute Gasteiger partial charge is 0.251 e. The maximum atomic E-state index is 11.8. The van der Waals surface area contributed by atoms with Crippen LogP contribution < -0.4 is 10.6 Å². The van der Waals surface area contributed by atoms with Gasteiger partial charge in [-0.15, -0.1) is 0 Å². The van der Waals surface area contributed by atoms with Crippen LogP contribution in [-0.2, 0) is 4.79 Å². The van der Waals surface area contributed by atoms with Crippen LogP contribution in [0.3, 0.4) is 0 Å². The summed E-state index contributed by atoms with van der Waals surface area (Å²) in [5.74, 6) is -0.174. The molecule has 0 spiro atoms. The highest BCUT2D eigenvalue weighted by atomic mass is 16.2. The summed E-state index contributed by atoms with van der Waals surface area (Å²) in [6, 6.07) is 6.88. The molecule has 4 nitrogen and oxygen atoms in total. The summed E-state index contributed by atoms with van der Waals surface area (Å²) < 4.78 is 0. The van der Waals surface area contributed by atoms with Gasteiger partial charge in [-0.1, -0.05) is 0 Å². The third-order valence-electron chi connectivity index (χ3n) is 2.88. The number of hydrogen-bond donors (Lipinski definition) is 2. The number of carbonyl (C=O) groups is 2. The van der Waals surface area contributed by atoms with Crippen molar-refractivity contribution in [1.82, 2.24) is 5.32 Å². The van der Waals surface area contributed by atoms with Crippen molar-refractivity contribution in [3.63, 3.8) is 0 Å². The second kappa shape index (κ2) is 4.20. The standard InChI is InChI=1S/C13H16N2O2/c1-9(16)14-11-5-3-10(4-6-11)12(17)15-13(2)7-8-13/h3-6H,7-8H2,1-2H3,(H,14,16)(H,15,17). The normalized spacial score (nSPS) is 16.1. The van der Waals surface area contributed by atoms with E-state index in [9.17, 15) is 9.59 Å². The van der Waals surface area contributed by atoms with Crippen molar-refractivity contribution in [2.75, 3.05) is 5.32 Å². The second-order valence-corrected chi connectivity index (χ2v) is 4.77. The van der Waals surface area contributed by atoms with E-state index in [1.807, 2.05) is 6.92 Å². The summed E-state index contributed by atoms with van der Waals surface area (Å²) in [5, 5.41) is 5.64. The Hall–Kier alpha value is -1.84. The molecule has 0 saturated heterocycles. The highest BCUT2D eigenvalue weighted by Gasteiger charge is 2.38. The average Bonchev–Trinajstić information content (AvgIpc) is 2.96. The Balaban J connectivity index is 2.01. The Bertz CT molecular complexity index is 447. The molecule has 4 heteroatoms. The van der Waals surface area contributed by atoms with E-state index in [2.05, 4.69) is 10.6 Å². The lowest BCUT2D eigenvalue weighted by Gasteiger charge is -2.11. The molecule has 2 rings (SSSR count). The Morgan fingerprint density at radius 2 is 1.76 bits per heavy atom. The molecule has 17 heavy (non-hydrogen) atoms. The van der Waals surface area contributed by atoms with Gasteiger partial charge in [0.25, 0.3) is 5.91 Å². The molecule has 2 N–H and O–H groups in total. The van der Waals surface area contributed by atoms with Gasteiger partial charge in [0.05, 0.1) is 0 Å². The maximum Gasteiger partial charge on any atom is 0.251 e. The minimum atomic E-state index is -0.118. The molecule has 1 aromatic carbocycles. The molecule has 1 fully saturated rings. The van der Waals surface area contributed by atoms with Crippen LogP contribution in [0.25, 0.3) is 0 Å². The van der Waals surface area contributed by atoms with Gasteiger partial charge in [-0.3, -0.25) is 9.59 Å². The van der Waals surface area contributed by atoms with Crippen LogP contribution in [0.2, 0.25) is 0 Å². The van der Waals surface area contributed by atoms with Crippen molar-refractivity contribution < 1.29 is 9.59 Å². The van der Waals surface area contributed by atoms with E-state index in [0.717, 1.165) is 12.8 Å². The molecule has 1 aliphatic rings. The van der Waals surface area contributed by atoms with Crippen molar-refractivity contribution >= 4 is 17.5 Å². The van der Waals surface area contributed by atoms with Crippen LogP contribution in [0, 0.1) is 0 Å². The monoisotopic (exact) mass is 232 g/mol. The third-order valence-corrected chi connectivity index (χ3v) is 2.88. The largest absolute Gasteiger partial charge is 0.347 e. The molecular formula is C13H16N2O2. The maximum absolute atomic E-state index is 11.8. The number of nitrogens with one attached hydrogen (secondary N) is 2.